The number of carbonyl (C=O) groups excluding carboxylic acids is 1. The van der Waals surface area contributed by atoms with Crippen molar-refractivity contribution in [3.8, 4) is 10.4 Å². The van der Waals surface area contributed by atoms with Gasteiger partial charge < -0.3 is 15.5 Å². The Labute approximate surface area is 164 Å². The van der Waals surface area contributed by atoms with Gasteiger partial charge in [0.1, 0.15) is 5.70 Å². The third-order valence-corrected chi connectivity index (χ3v) is 4.92. The quantitative estimate of drug-likeness (QED) is 0.550. The second-order valence-electron chi connectivity index (χ2n) is 5.74. The lowest BCUT2D eigenvalue weighted by Crippen LogP contribution is -2.27. The fraction of sp³-hybridized carbons (Fsp3) is 0. The molecule has 3 aromatic rings. The van der Waals surface area contributed by atoms with E-state index < -0.39 is 17.8 Å². The van der Waals surface area contributed by atoms with Gasteiger partial charge in [0.25, 0.3) is 5.91 Å². The van der Waals surface area contributed by atoms with E-state index in [0.717, 1.165) is 0 Å². The molecule has 140 valence electrons. The highest BCUT2D eigenvalue weighted by Gasteiger charge is 2.15. The molecule has 3 N–H and O–H groups in total. The molecule has 0 aliphatic heterocycles. The van der Waals surface area contributed by atoms with Gasteiger partial charge in [-0.25, -0.2) is 9.59 Å². The van der Waals surface area contributed by atoms with E-state index in [-0.39, 0.29) is 11.3 Å². The number of hydrogen-bond acceptors (Lipinski definition) is 4. The Hall–Kier alpha value is -3.71. The lowest BCUT2D eigenvalue weighted by atomic mass is 10.1. The molecule has 0 fully saturated rings. The van der Waals surface area contributed by atoms with E-state index in [1.165, 1.54) is 23.5 Å². The monoisotopic (exact) mass is 393 g/mol. The summed E-state index contributed by atoms with van der Waals surface area (Å²) in [5.41, 5.74) is 0.784. The summed E-state index contributed by atoms with van der Waals surface area (Å²) in [7, 11) is 0. The summed E-state index contributed by atoms with van der Waals surface area (Å²) >= 11 is 1.23. The van der Waals surface area contributed by atoms with Gasteiger partial charge in [-0.3, -0.25) is 4.79 Å². The maximum atomic E-state index is 12.2. The number of aromatic carboxylic acids is 1. The SMILES string of the molecule is O=C(O)C(=Cc1ccc(-c2ccccc2C(=O)O)s1)NC(=O)c1ccccc1. The predicted molar refractivity (Wildman–Crippen MR) is 106 cm³/mol. The highest BCUT2D eigenvalue weighted by molar-refractivity contribution is 7.16. The third kappa shape index (κ3) is 4.33. The second kappa shape index (κ2) is 8.32. The minimum absolute atomic E-state index is 0.163. The number of benzene rings is 2. The first-order chi connectivity index (χ1) is 13.5. The van der Waals surface area contributed by atoms with Crippen molar-refractivity contribution in [2.24, 2.45) is 0 Å². The zero-order chi connectivity index (χ0) is 20.1. The van der Waals surface area contributed by atoms with Crippen molar-refractivity contribution in [1.29, 1.82) is 0 Å². The molecular formula is C21H15NO5S. The van der Waals surface area contributed by atoms with E-state index in [0.29, 0.717) is 20.9 Å². The first kappa shape index (κ1) is 19.1. The van der Waals surface area contributed by atoms with Crippen LogP contribution >= 0.6 is 11.3 Å². The van der Waals surface area contributed by atoms with Crippen LogP contribution in [0.3, 0.4) is 0 Å². The van der Waals surface area contributed by atoms with Crippen LogP contribution in [0, 0.1) is 0 Å². The molecule has 0 atom stereocenters. The predicted octanol–water partition coefficient (Wildman–Crippen LogP) is 3.97. The molecule has 2 aromatic carbocycles. The van der Waals surface area contributed by atoms with E-state index in [9.17, 15) is 24.6 Å². The molecule has 0 spiro atoms. The van der Waals surface area contributed by atoms with Gasteiger partial charge in [0.15, 0.2) is 0 Å². The van der Waals surface area contributed by atoms with Gasteiger partial charge in [-0.1, -0.05) is 36.4 Å². The van der Waals surface area contributed by atoms with Crippen LogP contribution in [-0.2, 0) is 4.79 Å². The first-order valence-corrected chi connectivity index (χ1v) is 9.01. The summed E-state index contributed by atoms with van der Waals surface area (Å²) < 4.78 is 0. The van der Waals surface area contributed by atoms with Crippen LogP contribution in [0.1, 0.15) is 25.6 Å². The summed E-state index contributed by atoms with van der Waals surface area (Å²) in [5.74, 6) is -2.84. The molecule has 0 unspecified atom stereocenters. The minimum atomic E-state index is -1.27. The molecule has 3 rings (SSSR count). The summed E-state index contributed by atoms with van der Waals surface area (Å²) in [6, 6.07) is 18.3. The maximum absolute atomic E-state index is 12.2. The Kier molecular flexibility index (Phi) is 5.67. The normalized spacial score (nSPS) is 11.1. The van der Waals surface area contributed by atoms with Gasteiger partial charge in [-0.2, -0.15) is 0 Å². The lowest BCUT2D eigenvalue weighted by Gasteiger charge is -2.05. The summed E-state index contributed by atoms with van der Waals surface area (Å²) in [6.07, 6.45) is 1.35. The molecule has 6 nitrogen and oxygen atoms in total. The average molecular weight is 393 g/mol. The Bertz CT molecular complexity index is 1070. The molecule has 0 aliphatic rings. The zero-order valence-electron chi connectivity index (χ0n) is 14.5. The Morgan fingerprint density at radius 1 is 0.857 bits per heavy atom. The molecule has 1 heterocycles. The molecule has 1 amide bonds. The number of nitrogens with one attached hydrogen (secondary N) is 1. The number of thiophene rings is 1. The van der Waals surface area contributed by atoms with E-state index in [1.54, 1.807) is 60.7 Å². The van der Waals surface area contributed by atoms with E-state index in [4.69, 9.17) is 0 Å². The number of carbonyl (C=O) groups is 3. The molecule has 1 aromatic heterocycles. The summed E-state index contributed by atoms with van der Waals surface area (Å²) in [5, 5.41) is 21.1. The number of aliphatic carboxylic acids is 1. The fourth-order valence-corrected chi connectivity index (χ4v) is 3.53. The molecular weight excluding hydrogens is 378 g/mol. The van der Waals surface area contributed by atoms with E-state index in [2.05, 4.69) is 5.32 Å². The molecule has 7 heteroatoms. The van der Waals surface area contributed by atoms with Crippen molar-refractivity contribution in [2.75, 3.05) is 0 Å². The van der Waals surface area contributed by atoms with Crippen molar-refractivity contribution in [3.63, 3.8) is 0 Å². The third-order valence-electron chi connectivity index (χ3n) is 3.85. The zero-order valence-corrected chi connectivity index (χ0v) is 15.3. The van der Waals surface area contributed by atoms with Crippen molar-refractivity contribution in [1.82, 2.24) is 5.32 Å². The number of carboxylic acids is 2. The number of rotatable bonds is 6. The van der Waals surface area contributed by atoms with Crippen LogP contribution < -0.4 is 5.32 Å². The molecule has 0 saturated heterocycles. The largest absolute Gasteiger partial charge is 0.478 e. The molecule has 0 aliphatic carbocycles. The number of hydrogen-bond donors (Lipinski definition) is 3. The van der Waals surface area contributed by atoms with Gasteiger partial charge in [0.05, 0.1) is 5.56 Å². The minimum Gasteiger partial charge on any atom is -0.478 e. The summed E-state index contributed by atoms with van der Waals surface area (Å²) in [4.78, 5) is 36.4. The van der Waals surface area contributed by atoms with E-state index in [1.807, 2.05) is 0 Å². The molecule has 0 radical (unpaired) electrons. The van der Waals surface area contributed by atoms with Crippen molar-refractivity contribution in [2.45, 2.75) is 0 Å². The number of amides is 1. The molecule has 0 saturated carbocycles. The van der Waals surface area contributed by atoms with Crippen molar-refractivity contribution in [3.05, 3.63) is 88.4 Å². The highest BCUT2D eigenvalue weighted by Crippen LogP contribution is 2.31. The Morgan fingerprint density at radius 3 is 2.21 bits per heavy atom. The standard InChI is InChI=1S/C21H15NO5S/c23-19(13-6-2-1-3-7-13)22-17(21(26)27)12-14-10-11-18(28-14)15-8-4-5-9-16(15)20(24)25/h1-12H,(H,22,23)(H,24,25)(H,26,27). The van der Waals surface area contributed by atoms with Gasteiger partial charge >= 0.3 is 11.9 Å². The van der Waals surface area contributed by atoms with E-state index >= 15 is 0 Å². The Morgan fingerprint density at radius 2 is 1.54 bits per heavy atom. The van der Waals surface area contributed by atoms with Crippen LogP contribution in [0.15, 0.2) is 72.4 Å². The van der Waals surface area contributed by atoms with Gasteiger partial charge in [0.2, 0.25) is 0 Å². The van der Waals surface area contributed by atoms with Crippen LogP contribution in [-0.4, -0.2) is 28.1 Å². The number of carboxylic acid groups (broad SMARTS) is 2. The van der Waals surface area contributed by atoms with Crippen LogP contribution in [0.2, 0.25) is 0 Å². The van der Waals surface area contributed by atoms with Crippen molar-refractivity contribution >= 4 is 35.3 Å². The first-order valence-electron chi connectivity index (χ1n) is 8.19. The van der Waals surface area contributed by atoms with Gasteiger partial charge in [-0.05, 0) is 36.4 Å². The van der Waals surface area contributed by atoms with Gasteiger partial charge in [-0.15, -0.1) is 11.3 Å². The second-order valence-corrected chi connectivity index (χ2v) is 6.85. The fourth-order valence-electron chi connectivity index (χ4n) is 2.54. The smallest absolute Gasteiger partial charge is 0.352 e. The lowest BCUT2D eigenvalue weighted by molar-refractivity contribution is -0.132. The van der Waals surface area contributed by atoms with Crippen LogP contribution in [0.25, 0.3) is 16.5 Å². The maximum Gasteiger partial charge on any atom is 0.352 e. The molecule has 28 heavy (non-hydrogen) atoms. The van der Waals surface area contributed by atoms with Crippen LogP contribution in [0.4, 0.5) is 0 Å². The van der Waals surface area contributed by atoms with Gasteiger partial charge in [0, 0.05) is 20.9 Å². The Balaban J connectivity index is 1.88. The highest BCUT2D eigenvalue weighted by atomic mass is 32.1. The van der Waals surface area contributed by atoms with Crippen molar-refractivity contribution < 1.29 is 24.6 Å². The molecule has 0 bridgehead atoms. The van der Waals surface area contributed by atoms with Crippen LogP contribution in [0.5, 0.6) is 0 Å². The summed E-state index contributed by atoms with van der Waals surface area (Å²) in [6.45, 7) is 0. The topological polar surface area (TPSA) is 104 Å². The average Bonchev–Trinajstić information content (AvgIpc) is 3.16.